The molecule has 0 unspecified atom stereocenters. The van der Waals surface area contributed by atoms with Gasteiger partial charge in [0, 0.05) is 39.6 Å². The Hall–Kier alpha value is 0.534. The van der Waals surface area contributed by atoms with Gasteiger partial charge in [-0.3, -0.25) is 4.79 Å². The second-order valence-electron chi connectivity index (χ2n) is 3.22. The molecule has 1 fully saturated rings. The molecule has 1 heterocycles. The first-order chi connectivity index (χ1) is 5.79. The standard InChI is InChI=1S/C9H17N2O.Y/c1-9(12)10-5-8-11-6-3-2-4-7-11;/h8H,2-7H2,1H3,(H,10,12);/q-1;. The second kappa shape index (κ2) is 7.89. The van der Waals surface area contributed by atoms with E-state index in [2.05, 4.69) is 16.8 Å². The number of carbonyl (C=O) groups is 1. The SMILES string of the molecule is CC(=O)NC[CH-]N1CCCCC1.[Y]. The van der Waals surface area contributed by atoms with E-state index in [-0.39, 0.29) is 38.6 Å². The smallest absolute Gasteiger partial charge is 0.214 e. The molecule has 0 atom stereocenters. The predicted molar refractivity (Wildman–Crippen MR) is 48.4 cm³/mol. The topological polar surface area (TPSA) is 32.3 Å². The second-order valence-corrected chi connectivity index (χ2v) is 3.22. The van der Waals surface area contributed by atoms with Crippen LogP contribution in [0, 0.1) is 6.54 Å². The van der Waals surface area contributed by atoms with Crippen LogP contribution >= 0.6 is 0 Å². The van der Waals surface area contributed by atoms with Gasteiger partial charge in [0.25, 0.3) is 0 Å². The molecule has 0 aromatic heterocycles. The Morgan fingerprint density at radius 2 is 2.00 bits per heavy atom. The Morgan fingerprint density at radius 1 is 1.38 bits per heavy atom. The first kappa shape index (κ1) is 13.5. The minimum absolute atomic E-state index is 0. The number of nitrogens with one attached hydrogen (secondary N) is 1. The fourth-order valence-corrected chi connectivity index (χ4v) is 1.42. The molecule has 0 bridgehead atoms. The Bertz CT molecular complexity index is 147. The third kappa shape index (κ3) is 6.58. The zero-order valence-corrected chi connectivity index (χ0v) is 11.1. The van der Waals surface area contributed by atoms with Crippen molar-refractivity contribution in [1.29, 1.82) is 0 Å². The summed E-state index contributed by atoms with van der Waals surface area (Å²) in [4.78, 5) is 12.8. The van der Waals surface area contributed by atoms with E-state index in [1.165, 1.54) is 19.3 Å². The van der Waals surface area contributed by atoms with Gasteiger partial charge in [-0.2, -0.15) is 0 Å². The molecule has 1 radical (unpaired) electrons. The maximum absolute atomic E-state index is 10.5. The van der Waals surface area contributed by atoms with E-state index in [0.717, 1.165) is 13.1 Å². The van der Waals surface area contributed by atoms with Gasteiger partial charge >= 0.3 is 0 Å². The Labute approximate surface area is 106 Å². The van der Waals surface area contributed by atoms with Crippen molar-refractivity contribution < 1.29 is 37.5 Å². The molecule has 1 N–H and O–H groups in total. The summed E-state index contributed by atoms with van der Waals surface area (Å²) in [5.41, 5.74) is 0. The summed E-state index contributed by atoms with van der Waals surface area (Å²) in [7, 11) is 0. The van der Waals surface area contributed by atoms with E-state index in [1.54, 1.807) is 6.92 Å². The van der Waals surface area contributed by atoms with Crippen LogP contribution < -0.4 is 5.32 Å². The summed E-state index contributed by atoms with van der Waals surface area (Å²) in [6, 6.07) is 0. The van der Waals surface area contributed by atoms with E-state index in [0.29, 0.717) is 6.54 Å². The molecular weight excluding hydrogens is 241 g/mol. The number of amides is 1. The molecule has 1 rings (SSSR count). The van der Waals surface area contributed by atoms with Gasteiger partial charge in [-0.15, -0.1) is 0 Å². The van der Waals surface area contributed by atoms with E-state index in [1.807, 2.05) is 0 Å². The minimum Gasteiger partial charge on any atom is -0.455 e. The first-order valence-corrected chi connectivity index (χ1v) is 4.61. The monoisotopic (exact) mass is 258 g/mol. The van der Waals surface area contributed by atoms with E-state index in [4.69, 9.17) is 0 Å². The number of nitrogens with zero attached hydrogens (tertiary/aromatic N) is 1. The number of piperidine rings is 1. The third-order valence-corrected chi connectivity index (χ3v) is 2.09. The summed E-state index contributed by atoms with van der Waals surface area (Å²) in [5, 5.41) is 2.76. The summed E-state index contributed by atoms with van der Waals surface area (Å²) < 4.78 is 0. The van der Waals surface area contributed by atoms with Gasteiger partial charge in [0.1, 0.15) is 0 Å². The zero-order valence-electron chi connectivity index (χ0n) is 8.25. The van der Waals surface area contributed by atoms with Gasteiger partial charge in [0.05, 0.1) is 0 Å². The third-order valence-electron chi connectivity index (χ3n) is 2.09. The molecule has 13 heavy (non-hydrogen) atoms. The Balaban J connectivity index is 0.00000144. The van der Waals surface area contributed by atoms with Crippen LogP contribution in [-0.4, -0.2) is 30.4 Å². The number of rotatable bonds is 3. The van der Waals surface area contributed by atoms with E-state index in [9.17, 15) is 4.79 Å². The number of hydrogen-bond donors (Lipinski definition) is 1. The molecular formula is C9H17N2OY-. The summed E-state index contributed by atoms with van der Waals surface area (Å²) in [6.45, 7) is 6.61. The van der Waals surface area contributed by atoms with E-state index < -0.39 is 0 Å². The molecule has 3 nitrogen and oxygen atoms in total. The molecule has 1 amide bonds. The molecule has 1 aliphatic heterocycles. The number of likely N-dealkylation sites (tertiary alicyclic amines) is 1. The predicted octanol–water partition coefficient (Wildman–Crippen LogP) is 0.768. The number of hydrogen-bond acceptors (Lipinski definition) is 2. The van der Waals surface area contributed by atoms with Crippen molar-refractivity contribution in [3.63, 3.8) is 0 Å². The molecule has 73 valence electrons. The van der Waals surface area contributed by atoms with Crippen LogP contribution in [0.5, 0.6) is 0 Å². The molecule has 0 spiro atoms. The van der Waals surface area contributed by atoms with Crippen molar-refractivity contribution in [3.8, 4) is 0 Å². The molecule has 0 aliphatic carbocycles. The van der Waals surface area contributed by atoms with Crippen molar-refractivity contribution in [1.82, 2.24) is 10.2 Å². The van der Waals surface area contributed by atoms with Crippen molar-refractivity contribution in [3.05, 3.63) is 6.54 Å². The van der Waals surface area contributed by atoms with Gasteiger partial charge in [0.2, 0.25) is 5.91 Å². The Morgan fingerprint density at radius 3 is 2.54 bits per heavy atom. The summed E-state index contributed by atoms with van der Waals surface area (Å²) in [6.07, 6.45) is 3.93. The molecule has 1 saturated heterocycles. The molecule has 0 aromatic carbocycles. The largest absolute Gasteiger partial charge is 0.455 e. The van der Waals surface area contributed by atoms with Crippen molar-refractivity contribution >= 4 is 5.91 Å². The maximum Gasteiger partial charge on any atom is 0.214 e. The van der Waals surface area contributed by atoms with Crippen LogP contribution in [0.3, 0.4) is 0 Å². The average molecular weight is 258 g/mol. The van der Waals surface area contributed by atoms with Crippen LogP contribution in [0.2, 0.25) is 0 Å². The van der Waals surface area contributed by atoms with Gasteiger partial charge in [0.15, 0.2) is 0 Å². The molecule has 0 saturated carbocycles. The van der Waals surface area contributed by atoms with Crippen LogP contribution in [0.4, 0.5) is 0 Å². The van der Waals surface area contributed by atoms with Gasteiger partial charge in [-0.05, 0) is 25.9 Å². The Kier molecular flexibility index (Phi) is 8.22. The molecule has 0 aromatic rings. The first-order valence-electron chi connectivity index (χ1n) is 4.61. The van der Waals surface area contributed by atoms with Crippen molar-refractivity contribution in [2.75, 3.05) is 19.6 Å². The fraction of sp³-hybridized carbons (Fsp3) is 0.778. The van der Waals surface area contributed by atoms with Crippen LogP contribution in [0.15, 0.2) is 0 Å². The van der Waals surface area contributed by atoms with Gasteiger partial charge in [-0.1, -0.05) is 13.0 Å². The summed E-state index contributed by atoms with van der Waals surface area (Å²) >= 11 is 0. The van der Waals surface area contributed by atoms with Crippen molar-refractivity contribution in [2.45, 2.75) is 26.2 Å². The normalized spacial score (nSPS) is 17.6. The van der Waals surface area contributed by atoms with Crippen LogP contribution in [0.1, 0.15) is 26.2 Å². The average Bonchev–Trinajstić information content (AvgIpc) is 2.05. The maximum atomic E-state index is 10.5. The zero-order chi connectivity index (χ0) is 8.81. The van der Waals surface area contributed by atoms with Crippen LogP contribution in [0.25, 0.3) is 0 Å². The van der Waals surface area contributed by atoms with Gasteiger partial charge in [-0.25, -0.2) is 6.54 Å². The minimum atomic E-state index is 0. The van der Waals surface area contributed by atoms with Gasteiger partial charge < -0.3 is 10.2 Å². The van der Waals surface area contributed by atoms with Crippen LogP contribution in [-0.2, 0) is 37.5 Å². The van der Waals surface area contributed by atoms with Crippen molar-refractivity contribution in [2.24, 2.45) is 0 Å². The molecule has 4 heteroatoms. The summed E-state index contributed by atoms with van der Waals surface area (Å²) in [5.74, 6) is 0.0447. The fourth-order valence-electron chi connectivity index (χ4n) is 1.42. The quantitative estimate of drug-likeness (QED) is 0.758. The van der Waals surface area contributed by atoms with E-state index >= 15 is 0 Å². The number of carbonyl (C=O) groups excluding carboxylic acids is 1. The molecule has 1 aliphatic rings.